The SMILES string of the molecule is CS(=O)(=O)C1CNCCS1. The van der Waals surface area contributed by atoms with Crippen molar-refractivity contribution in [2.75, 3.05) is 25.1 Å². The summed E-state index contributed by atoms with van der Waals surface area (Å²) in [5.74, 6) is 0.901. The van der Waals surface area contributed by atoms with E-state index in [4.69, 9.17) is 0 Å². The van der Waals surface area contributed by atoms with E-state index in [2.05, 4.69) is 5.32 Å². The molecule has 0 amide bonds. The smallest absolute Gasteiger partial charge is 0.160 e. The molecule has 0 aromatic heterocycles. The Labute approximate surface area is 65.5 Å². The molecule has 0 aromatic carbocycles. The van der Waals surface area contributed by atoms with Gasteiger partial charge in [0.25, 0.3) is 0 Å². The second-order valence-corrected chi connectivity index (χ2v) is 6.17. The normalized spacial score (nSPS) is 28.3. The first-order valence-corrected chi connectivity index (χ1v) is 6.12. The molecule has 0 saturated carbocycles. The second kappa shape index (κ2) is 3.11. The van der Waals surface area contributed by atoms with Gasteiger partial charge >= 0.3 is 0 Å². The lowest BCUT2D eigenvalue weighted by atomic mass is 10.6. The van der Waals surface area contributed by atoms with Gasteiger partial charge in [0.2, 0.25) is 0 Å². The lowest BCUT2D eigenvalue weighted by Crippen LogP contribution is -2.36. The van der Waals surface area contributed by atoms with Gasteiger partial charge in [-0.1, -0.05) is 0 Å². The summed E-state index contributed by atoms with van der Waals surface area (Å²) in [5.41, 5.74) is 0. The molecule has 1 aliphatic heterocycles. The van der Waals surface area contributed by atoms with Crippen LogP contribution in [0.4, 0.5) is 0 Å². The number of thioether (sulfide) groups is 1. The molecule has 10 heavy (non-hydrogen) atoms. The van der Waals surface area contributed by atoms with E-state index in [-0.39, 0.29) is 4.58 Å². The highest BCUT2D eigenvalue weighted by Gasteiger charge is 2.22. The van der Waals surface area contributed by atoms with Gasteiger partial charge in [0.15, 0.2) is 9.84 Å². The minimum atomic E-state index is -2.83. The molecule has 60 valence electrons. The van der Waals surface area contributed by atoms with Crippen molar-refractivity contribution in [1.29, 1.82) is 0 Å². The molecule has 1 rings (SSSR count). The fourth-order valence-electron chi connectivity index (χ4n) is 0.816. The fraction of sp³-hybridized carbons (Fsp3) is 1.00. The number of sulfone groups is 1. The van der Waals surface area contributed by atoms with Crippen molar-refractivity contribution >= 4 is 21.6 Å². The Balaban J connectivity index is 2.56. The highest BCUT2D eigenvalue weighted by molar-refractivity contribution is 8.13. The van der Waals surface area contributed by atoms with Crippen molar-refractivity contribution in [1.82, 2.24) is 5.32 Å². The predicted octanol–water partition coefficient (Wildman–Crippen LogP) is -0.306. The van der Waals surface area contributed by atoms with Crippen LogP contribution in [0, 0.1) is 0 Å². The fourth-order valence-corrected chi connectivity index (χ4v) is 3.28. The maximum absolute atomic E-state index is 10.9. The lowest BCUT2D eigenvalue weighted by Gasteiger charge is -2.20. The quantitative estimate of drug-likeness (QED) is 0.603. The first-order chi connectivity index (χ1) is 4.61. The van der Waals surface area contributed by atoms with Gasteiger partial charge in [-0.15, -0.1) is 11.8 Å². The van der Waals surface area contributed by atoms with E-state index in [1.807, 2.05) is 0 Å². The minimum Gasteiger partial charge on any atom is -0.314 e. The van der Waals surface area contributed by atoms with Gasteiger partial charge in [0.05, 0.1) is 0 Å². The molecule has 1 fully saturated rings. The molecule has 3 nitrogen and oxygen atoms in total. The molecule has 5 heteroatoms. The molecule has 1 N–H and O–H groups in total. The molecule has 1 unspecified atom stereocenters. The Morgan fingerprint density at radius 1 is 1.60 bits per heavy atom. The Hall–Kier alpha value is 0.260. The van der Waals surface area contributed by atoms with Crippen LogP contribution in [0.5, 0.6) is 0 Å². The molecular weight excluding hydrogens is 170 g/mol. The van der Waals surface area contributed by atoms with Crippen LogP contribution in [0.15, 0.2) is 0 Å². The molecule has 0 radical (unpaired) electrons. The molecule has 1 atom stereocenters. The van der Waals surface area contributed by atoms with E-state index in [0.29, 0.717) is 6.54 Å². The zero-order chi connectivity index (χ0) is 7.61. The van der Waals surface area contributed by atoms with Crippen LogP contribution in [0.25, 0.3) is 0 Å². The van der Waals surface area contributed by atoms with Crippen LogP contribution in [0.2, 0.25) is 0 Å². The summed E-state index contributed by atoms with van der Waals surface area (Å²) in [7, 11) is -2.83. The van der Waals surface area contributed by atoms with Gasteiger partial charge in [0, 0.05) is 25.1 Å². The van der Waals surface area contributed by atoms with E-state index < -0.39 is 9.84 Å². The molecule has 0 aromatic rings. The van der Waals surface area contributed by atoms with Crippen molar-refractivity contribution in [3.05, 3.63) is 0 Å². The van der Waals surface area contributed by atoms with E-state index in [9.17, 15) is 8.42 Å². The first kappa shape index (κ1) is 8.36. The van der Waals surface area contributed by atoms with Gasteiger partial charge in [0.1, 0.15) is 4.58 Å². The maximum atomic E-state index is 10.9. The predicted molar refractivity (Wildman–Crippen MR) is 44.0 cm³/mol. The first-order valence-electron chi connectivity index (χ1n) is 3.12. The van der Waals surface area contributed by atoms with Gasteiger partial charge < -0.3 is 5.32 Å². The molecule has 1 aliphatic rings. The third kappa shape index (κ3) is 2.14. The van der Waals surface area contributed by atoms with Gasteiger partial charge in [-0.2, -0.15) is 0 Å². The highest BCUT2D eigenvalue weighted by atomic mass is 32.3. The zero-order valence-corrected chi connectivity index (χ0v) is 7.46. The monoisotopic (exact) mass is 181 g/mol. The Morgan fingerprint density at radius 3 is 2.60 bits per heavy atom. The van der Waals surface area contributed by atoms with Crippen LogP contribution in [-0.4, -0.2) is 38.1 Å². The standard InChI is InChI=1S/C5H11NO2S2/c1-10(7,8)5-4-6-2-3-9-5/h5-6H,2-4H2,1H3. The summed E-state index contributed by atoms with van der Waals surface area (Å²) in [6.45, 7) is 1.53. The van der Waals surface area contributed by atoms with E-state index >= 15 is 0 Å². The highest BCUT2D eigenvalue weighted by Crippen LogP contribution is 2.17. The third-order valence-electron chi connectivity index (χ3n) is 1.37. The van der Waals surface area contributed by atoms with Crippen LogP contribution >= 0.6 is 11.8 Å². The number of hydrogen-bond acceptors (Lipinski definition) is 4. The lowest BCUT2D eigenvalue weighted by molar-refractivity contribution is 0.592. The van der Waals surface area contributed by atoms with E-state index in [1.54, 1.807) is 0 Å². The van der Waals surface area contributed by atoms with Crippen LogP contribution in [0.3, 0.4) is 0 Å². The van der Waals surface area contributed by atoms with Gasteiger partial charge in [-0.25, -0.2) is 8.42 Å². The zero-order valence-electron chi connectivity index (χ0n) is 5.83. The van der Waals surface area contributed by atoms with Crippen molar-refractivity contribution < 1.29 is 8.42 Å². The summed E-state index contributed by atoms with van der Waals surface area (Å²) >= 11 is 1.52. The van der Waals surface area contributed by atoms with Gasteiger partial charge in [-0.05, 0) is 0 Å². The molecule has 0 bridgehead atoms. The second-order valence-electron chi connectivity index (χ2n) is 2.33. The van der Waals surface area contributed by atoms with Gasteiger partial charge in [-0.3, -0.25) is 0 Å². The number of nitrogens with one attached hydrogen (secondary N) is 1. The molecule has 0 spiro atoms. The Kier molecular flexibility index (Phi) is 2.60. The number of rotatable bonds is 1. The van der Waals surface area contributed by atoms with Crippen LogP contribution < -0.4 is 5.32 Å². The molecule has 1 saturated heterocycles. The third-order valence-corrected chi connectivity index (χ3v) is 4.93. The topological polar surface area (TPSA) is 46.2 Å². The summed E-state index contributed by atoms with van der Waals surface area (Å²) < 4.78 is 21.6. The average molecular weight is 181 g/mol. The van der Waals surface area contributed by atoms with Crippen molar-refractivity contribution in [2.24, 2.45) is 0 Å². The van der Waals surface area contributed by atoms with Crippen molar-refractivity contribution in [3.63, 3.8) is 0 Å². The molecular formula is C5H11NO2S2. The summed E-state index contributed by atoms with van der Waals surface area (Å²) in [4.78, 5) is 0. The van der Waals surface area contributed by atoms with E-state index in [0.717, 1.165) is 12.3 Å². The molecule has 1 heterocycles. The summed E-state index contributed by atoms with van der Waals surface area (Å²) in [6.07, 6.45) is 1.29. The van der Waals surface area contributed by atoms with Crippen molar-refractivity contribution in [3.8, 4) is 0 Å². The molecule has 0 aliphatic carbocycles. The average Bonchev–Trinajstić information content (AvgIpc) is 1.88. The largest absolute Gasteiger partial charge is 0.314 e. The summed E-state index contributed by atoms with van der Waals surface area (Å²) in [5, 5.41) is 3.04. The minimum absolute atomic E-state index is 0.221. The maximum Gasteiger partial charge on any atom is 0.160 e. The van der Waals surface area contributed by atoms with Crippen LogP contribution in [0.1, 0.15) is 0 Å². The Bertz CT molecular complexity index is 194. The van der Waals surface area contributed by atoms with E-state index in [1.165, 1.54) is 18.0 Å². The van der Waals surface area contributed by atoms with Crippen LogP contribution in [-0.2, 0) is 9.84 Å². The Morgan fingerprint density at radius 2 is 2.30 bits per heavy atom. The number of hydrogen-bond donors (Lipinski definition) is 1. The van der Waals surface area contributed by atoms with Crippen molar-refractivity contribution in [2.45, 2.75) is 4.58 Å². The summed E-state index contributed by atoms with van der Waals surface area (Å²) in [6, 6.07) is 0.